The molecule has 6 nitrogen and oxygen atoms in total. The van der Waals surface area contributed by atoms with E-state index in [0.717, 1.165) is 11.6 Å². The fraction of sp³-hybridized carbons (Fsp3) is 0.154. The van der Waals surface area contributed by atoms with Crippen LogP contribution < -0.4 is 5.32 Å². The molecule has 1 heterocycles. The van der Waals surface area contributed by atoms with Crippen LogP contribution >= 0.6 is 11.6 Å². The molecular weight excluding hydrogens is 282 g/mol. The number of halogens is 1. The lowest BCUT2D eigenvalue weighted by atomic mass is 10.1. The number of benzene rings is 1. The van der Waals surface area contributed by atoms with Gasteiger partial charge in [0.2, 0.25) is 17.7 Å². The SMILES string of the molecule is O=C(Cc1ccc(Cl)cc1)NCc1nc(O)cc(O)n1. The van der Waals surface area contributed by atoms with Crippen LogP contribution in [0.4, 0.5) is 0 Å². The number of nitrogens with zero attached hydrogens (tertiary/aromatic N) is 2. The van der Waals surface area contributed by atoms with Crippen LogP contribution in [-0.2, 0) is 17.8 Å². The number of carbonyl (C=O) groups is 1. The van der Waals surface area contributed by atoms with Gasteiger partial charge in [0, 0.05) is 5.02 Å². The lowest BCUT2D eigenvalue weighted by Gasteiger charge is -2.05. The summed E-state index contributed by atoms with van der Waals surface area (Å²) in [6, 6.07) is 7.96. The number of rotatable bonds is 4. The molecule has 0 fully saturated rings. The molecule has 0 bridgehead atoms. The Kier molecular flexibility index (Phi) is 4.37. The van der Waals surface area contributed by atoms with Crippen LogP contribution in [0.2, 0.25) is 5.02 Å². The van der Waals surface area contributed by atoms with E-state index in [4.69, 9.17) is 11.6 Å². The van der Waals surface area contributed by atoms with E-state index in [2.05, 4.69) is 15.3 Å². The molecular formula is C13H12ClN3O3. The third-order valence-electron chi connectivity index (χ3n) is 2.47. The van der Waals surface area contributed by atoms with Crippen LogP contribution in [0.15, 0.2) is 30.3 Å². The van der Waals surface area contributed by atoms with Crippen molar-refractivity contribution >= 4 is 17.5 Å². The monoisotopic (exact) mass is 293 g/mol. The minimum atomic E-state index is -0.348. The molecule has 2 rings (SSSR count). The van der Waals surface area contributed by atoms with E-state index in [0.29, 0.717) is 5.02 Å². The normalized spacial score (nSPS) is 10.2. The molecule has 1 aromatic heterocycles. The molecule has 0 atom stereocenters. The predicted molar refractivity (Wildman–Crippen MR) is 72.4 cm³/mol. The first-order valence-corrected chi connectivity index (χ1v) is 6.18. The molecule has 0 unspecified atom stereocenters. The number of hydrogen-bond acceptors (Lipinski definition) is 5. The van der Waals surface area contributed by atoms with Crippen LogP contribution in [0.3, 0.4) is 0 Å². The molecule has 0 aliphatic carbocycles. The highest BCUT2D eigenvalue weighted by atomic mass is 35.5. The third-order valence-corrected chi connectivity index (χ3v) is 2.72. The Morgan fingerprint density at radius 3 is 2.35 bits per heavy atom. The molecule has 0 saturated heterocycles. The molecule has 0 saturated carbocycles. The van der Waals surface area contributed by atoms with Crippen molar-refractivity contribution in [3.8, 4) is 11.8 Å². The third kappa shape index (κ3) is 4.10. The summed E-state index contributed by atoms with van der Waals surface area (Å²) in [6.45, 7) is 0.0222. The lowest BCUT2D eigenvalue weighted by molar-refractivity contribution is -0.120. The van der Waals surface area contributed by atoms with Gasteiger partial charge in [-0.25, -0.2) is 0 Å². The topological polar surface area (TPSA) is 95.3 Å². The molecule has 3 N–H and O–H groups in total. The summed E-state index contributed by atoms with van der Waals surface area (Å²) in [5.74, 6) is -0.787. The van der Waals surface area contributed by atoms with Gasteiger partial charge >= 0.3 is 0 Å². The molecule has 7 heteroatoms. The van der Waals surface area contributed by atoms with Crippen molar-refractivity contribution in [1.29, 1.82) is 0 Å². The van der Waals surface area contributed by atoms with E-state index in [1.165, 1.54) is 0 Å². The van der Waals surface area contributed by atoms with Gasteiger partial charge in [-0.1, -0.05) is 23.7 Å². The minimum Gasteiger partial charge on any atom is -0.493 e. The van der Waals surface area contributed by atoms with Gasteiger partial charge in [-0.2, -0.15) is 9.97 Å². The van der Waals surface area contributed by atoms with Gasteiger partial charge < -0.3 is 15.5 Å². The first-order chi connectivity index (χ1) is 9.52. The summed E-state index contributed by atoms with van der Waals surface area (Å²) in [4.78, 5) is 19.1. The fourth-order valence-corrected chi connectivity index (χ4v) is 1.70. The van der Waals surface area contributed by atoms with Crippen molar-refractivity contribution in [2.24, 2.45) is 0 Å². The number of amides is 1. The second-order valence-electron chi connectivity index (χ2n) is 4.08. The Morgan fingerprint density at radius 2 is 1.75 bits per heavy atom. The van der Waals surface area contributed by atoms with Gasteiger partial charge in [0.15, 0.2) is 5.82 Å². The van der Waals surface area contributed by atoms with E-state index < -0.39 is 0 Å². The van der Waals surface area contributed by atoms with Gasteiger partial charge in [-0.15, -0.1) is 0 Å². The van der Waals surface area contributed by atoms with Gasteiger partial charge in [0.1, 0.15) is 0 Å². The van der Waals surface area contributed by atoms with Crippen molar-refractivity contribution in [2.75, 3.05) is 0 Å². The van der Waals surface area contributed by atoms with Crippen LogP contribution in [0.25, 0.3) is 0 Å². The highest BCUT2D eigenvalue weighted by Crippen LogP contribution is 2.12. The first-order valence-electron chi connectivity index (χ1n) is 5.80. The summed E-state index contributed by atoms with van der Waals surface area (Å²) >= 11 is 5.75. The number of aromatic hydroxyl groups is 2. The van der Waals surface area contributed by atoms with Crippen molar-refractivity contribution in [2.45, 2.75) is 13.0 Å². The van der Waals surface area contributed by atoms with Crippen LogP contribution in [-0.4, -0.2) is 26.1 Å². The maximum atomic E-state index is 11.7. The molecule has 104 valence electrons. The number of nitrogens with one attached hydrogen (secondary N) is 1. The highest BCUT2D eigenvalue weighted by Gasteiger charge is 2.06. The fourth-order valence-electron chi connectivity index (χ4n) is 1.58. The van der Waals surface area contributed by atoms with Crippen molar-refractivity contribution in [3.63, 3.8) is 0 Å². The maximum Gasteiger partial charge on any atom is 0.224 e. The number of hydrogen-bond donors (Lipinski definition) is 3. The summed E-state index contributed by atoms with van der Waals surface area (Å²) in [7, 11) is 0. The zero-order valence-corrected chi connectivity index (χ0v) is 11.1. The molecule has 1 aromatic carbocycles. The zero-order chi connectivity index (χ0) is 14.5. The van der Waals surface area contributed by atoms with Gasteiger partial charge in [-0.05, 0) is 17.7 Å². The first kappa shape index (κ1) is 14.1. The van der Waals surface area contributed by atoms with Gasteiger partial charge in [-0.3, -0.25) is 4.79 Å². The second kappa shape index (κ2) is 6.21. The summed E-state index contributed by atoms with van der Waals surface area (Å²) < 4.78 is 0. The Hall–Kier alpha value is -2.34. The Labute approximate surface area is 120 Å². The molecule has 1 amide bonds. The van der Waals surface area contributed by atoms with Crippen LogP contribution in [0, 0.1) is 0 Å². The largest absolute Gasteiger partial charge is 0.493 e. The average Bonchev–Trinajstić information content (AvgIpc) is 2.38. The number of aromatic nitrogens is 2. The van der Waals surface area contributed by atoms with E-state index in [9.17, 15) is 15.0 Å². The zero-order valence-electron chi connectivity index (χ0n) is 10.4. The van der Waals surface area contributed by atoms with Crippen LogP contribution in [0.5, 0.6) is 11.8 Å². The molecule has 0 radical (unpaired) electrons. The molecule has 0 aliphatic rings. The Morgan fingerprint density at radius 1 is 1.15 bits per heavy atom. The van der Waals surface area contributed by atoms with E-state index >= 15 is 0 Å². The molecule has 0 spiro atoms. The smallest absolute Gasteiger partial charge is 0.224 e. The average molecular weight is 294 g/mol. The van der Waals surface area contributed by atoms with Gasteiger partial charge in [0.05, 0.1) is 19.0 Å². The minimum absolute atomic E-state index is 0.0222. The Bertz CT molecular complexity index is 597. The predicted octanol–water partition coefficient (Wildman–Crippen LogP) is 1.40. The Balaban J connectivity index is 1.90. The molecule has 2 aromatic rings. The van der Waals surface area contributed by atoms with Crippen molar-refractivity contribution in [3.05, 3.63) is 46.7 Å². The quantitative estimate of drug-likeness (QED) is 0.792. The molecule has 0 aliphatic heterocycles. The van der Waals surface area contributed by atoms with Crippen molar-refractivity contribution < 1.29 is 15.0 Å². The van der Waals surface area contributed by atoms with Crippen LogP contribution in [0.1, 0.15) is 11.4 Å². The molecule has 20 heavy (non-hydrogen) atoms. The second-order valence-corrected chi connectivity index (χ2v) is 4.52. The lowest BCUT2D eigenvalue weighted by Crippen LogP contribution is -2.25. The summed E-state index contributed by atoms with van der Waals surface area (Å²) in [6.07, 6.45) is 0.196. The van der Waals surface area contributed by atoms with E-state index in [-0.39, 0.29) is 36.5 Å². The van der Waals surface area contributed by atoms with E-state index in [1.807, 2.05) is 0 Å². The summed E-state index contributed by atoms with van der Waals surface area (Å²) in [5.41, 5.74) is 0.826. The summed E-state index contributed by atoms with van der Waals surface area (Å²) in [5, 5.41) is 21.6. The maximum absolute atomic E-state index is 11.7. The van der Waals surface area contributed by atoms with E-state index in [1.54, 1.807) is 24.3 Å². The number of carbonyl (C=O) groups excluding carboxylic acids is 1. The van der Waals surface area contributed by atoms with Crippen molar-refractivity contribution in [1.82, 2.24) is 15.3 Å². The van der Waals surface area contributed by atoms with Gasteiger partial charge in [0.25, 0.3) is 0 Å². The standard InChI is InChI=1S/C13H12ClN3O3/c14-9-3-1-8(2-4-9)5-11(18)15-7-10-16-12(19)6-13(20)17-10/h1-4,6H,5,7H2,(H,15,18)(H2,16,17,19,20). The highest BCUT2D eigenvalue weighted by molar-refractivity contribution is 6.30.